The molecule has 0 aromatic heterocycles. The summed E-state index contributed by atoms with van der Waals surface area (Å²) in [6.45, 7) is 5.60. The van der Waals surface area contributed by atoms with E-state index in [9.17, 15) is 0 Å². The quantitative estimate of drug-likeness (QED) is 0.841. The van der Waals surface area contributed by atoms with Gasteiger partial charge in [0, 0.05) is 12.6 Å². The Hall–Kier alpha value is -0.740. The van der Waals surface area contributed by atoms with Crippen LogP contribution in [0.3, 0.4) is 0 Å². The van der Waals surface area contributed by atoms with Gasteiger partial charge in [-0.1, -0.05) is 13.8 Å². The summed E-state index contributed by atoms with van der Waals surface area (Å²) in [6, 6.07) is 4.77. The molecule has 0 amide bonds. The number of ether oxygens (including phenoxy) is 2. The lowest BCUT2D eigenvalue weighted by molar-refractivity contribution is 0.206. The second-order valence-corrected chi connectivity index (χ2v) is 7.49. The van der Waals surface area contributed by atoms with Crippen molar-refractivity contribution >= 4 is 15.9 Å². The zero-order valence-electron chi connectivity index (χ0n) is 13.5. The zero-order valence-corrected chi connectivity index (χ0v) is 15.0. The Morgan fingerprint density at radius 3 is 2.43 bits per heavy atom. The van der Waals surface area contributed by atoms with Crippen LogP contribution in [0.25, 0.3) is 0 Å². The van der Waals surface area contributed by atoms with Crippen molar-refractivity contribution in [1.82, 2.24) is 5.32 Å². The van der Waals surface area contributed by atoms with Crippen LogP contribution in [0.1, 0.15) is 45.1 Å². The molecular weight excluding hydrogens is 330 g/mol. The number of hydrogen-bond donors (Lipinski definition) is 1. The maximum Gasteiger partial charge on any atom is 0.174 e. The molecule has 2 rings (SSSR count). The highest BCUT2D eigenvalue weighted by Gasteiger charge is 2.26. The van der Waals surface area contributed by atoms with Crippen molar-refractivity contribution in [3.63, 3.8) is 0 Å². The number of rotatable bonds is 5. The molecule has 0 spiro atoms. The van der Waals surface area contributed by atoms with E-state index < -0.39 is 0 Å². The van der Waals surface area contributed by atoms with Crippen LogP contribution in [0.4, 0.5) is 0 Å². The molecule has 0 radical (unpaired) electrons. The van der Waals surface area contributed by atoms with E-state index in [0.717, 1.165) is 22.5 Å². The third-order valence-electron chi connectivity index (χ3n) is 4.43. The summed E-state index contributed by atoms with van der Waals surface area (Å²) in [5, 5.41) is 3.67. The summed E-state index contributed by atoms with van der Waals surface area (Å²) in [6.07, 6.45) is 5.14. The summed E-state index contributed by atoms with van der Waals surface area (Å²) in [4.78, 5) is 0. The first-order chi connectivity index (χ1) is 9.95. The smallest absolute Gasteiger partial charge is 0.174 e. The minimum atomic E-state index is 0.518. The Labute approximate surface area is 136 Å². The van der Waals surface area contributed by atoms with Gasteiger partial charge >= 0.3 is 0 Å². The second kappa shape index (κ2) is 7.01. The van der Waals surface area contributed by atoms with Gasteiger partial charge in [0.25, 0.3) is 0 Å². The number of benzene rings is 1. The van der Waals surface area contributed by atoms with Gasteiger partial charge in [0.1, 0.15) is 0 Å². The molecule has 0 bridgehead atoms. The Morgan fingerprint density at radius 1 is 1.19 bits per heavy atom. The van der Waals surface area contributed by atoms with Crippen molar-refractivity contribution in [3.8, 4) is 11.5 Å². The lowest BCUT2D eigenvalue weighted by atomic mass is 9.75. The topological polar surface area (TPSA) is 30.5 Å². The highest BCUT2D eigenvalue weighted by molar-refractivity contribution is 9.10. The molecule has 21 heavy (non-hydrogen) atoms. The van der Waals surface area contributed by atoms with Crippen LogP contribution in [0, 0.1) is 5.41 Å². The fourth-order valence-corrected chi connectivity index (χ4v) is 3.59. The van der Waals surface area contributed by atoms with Crippen LogP contribution >= 0.6 is 15.9 Å². The van der Waals surface area contributed by atoms with Crippen molar-refractivity contribution in [1.29, 1.82) is 0 Å². The van der Waals surface area contributed by atoms with E-state index in [-0.39, 0.29) is 0 Å². The number of hydrogen-bond acceptors (Lipinski definition) is 3. The second-order valence-electron chi connectivity index (χ2n) is 6.63. The standard InChI is InChI=1S/C17H26BrNO2/c1-17(2)7-5-13(6-8-17)19-11-12-9-14(18)16(21-4)15(10-12)20-3/h9-10,13,19H,5-8,11H2,1-4H3. The maximum atomic E-state index is 5.39. The van der Waals surface area contributed by atoms with E-state index in [4.69, 9.17) is 9.47 Å². The molecule has 1 aliphatic carbocycles. The number of methoxy groups -OCH3 is 2. The molecule has 0 unspecified atom stereocenters. The SMILES string of the molecule is COc1cc(CNC2CCC(C)(C)CC2)cc(Br)c1OC. The zero-order chi connectivity index (χ0) is 15.5. The van der Waals surface area contributed by atoms with Crippen molar-refractivity contribution in [2.75, 3.05) is 14.2 Å². The fraction of sp³-hybridized carbons (Fsp3) is 0.647. The molecular formula is C17H26BrNO2. The minimum Gasteiger partial charge on any atom is -0.493 e. The van der Waals surface area contributed by atoms with Gasteiger partial charge < -0.3 is 14.8 Å². The number of nitrogens with one attached hydrogen (secondary N) is 1. The molecule has 3 nitrogen and oxygen atoms in total. The molecule has 0 saturated heterocycles. The molecule has 1 aliphatic rings. The predicted octanol–water partition coefficient (Wildman–Crippen LogP) is 4.52. The lowest BCUT2D eigenvalue weighted by Crippen LogP contribution is -2.35. The molecule has 0 heterocycles. The van der Waals surface area contributed by atoms with E-state index >= 15 is 0 Å². The fourth-order valence-electron chi connectivity index (χ4n) is 2.94. The van der Waals surface area contributed by atoms with E-state index in [0.29, 0.717) is 11.5 Å². The first kappa shape index (κ1) is 16.6. The average molecular weight is 356 g/mol. The predicted molar refractivity (Wildman–Crippen MR) is 90.1 cm³/mol. The summed E-state index contributed by atoms with van der Waals surface area (Å²) in [5.74, 6) is 1.52. The molecule has 1 aromatic carbocycles. The molecule has 4 heteroatoms. The van der Waals surface area contributed by atoms with Gasteiger partial charge in [-0.25, -0.2) is 0 Å². The molecule has 1 aromatic rings. The monoisotopic (exact) mass is 355 g/mol. The normalized spacial score (nSPS) is 18.5. The van der Waals surface area contributed by atoms with Crippen molar-refractivity contribution in [3.05, 3.63) is 22.2 Å². The average Bonchev–Trinajstić information content (AvgIpc) is 2.45. The summed E-state index contributed by atoms with van der Waals surface area (Å²) >= 11 is 3.55. The summed E-state index contributed by atoms with van der Waals surface area (Å²) in [7, 11) is 3.33. The molecule has 1 N–H and O–H groups in total. The van der Waals surface area contributed by atoms with E-state index in [1.807, 2.05) is 6.07 Å². The van der Waals surface area contributed by atoms with Gasteiger partial charge in [0.2, 0.25) is 0 Å². The Kier molecular flexibility index (Phi) is 5.55. The van der Waals surface area contributed by atoms with Gasteiger partial charge in [0.05, 0.1) is 18.7 Å². The Balaban J connectivity index is 1.96. The molecule has 0 atom stereocenters. The molecule has 1 saturated carbocycles. The van der Waals surface area contributed by atoms with E-state index in [1.54, 1.807) is 14.2 Å². The first-order valence-electron chi connectivity index (χ1n) is 7.59. The Morgan fingerprint density at radius 2 is 1.86 bits per heavy atom. The highest BCUT2D eigenvalue weighted by atomic mass is 79.9. The van der Waals surface area contributed by atoms with Crippen LogP contribution in [0.15, 0.2) is 16.6 Å². The van der Waals surface area contributed by atoms with Gasteiger partial charge in [0.15, 0.2) is 11.5 Å². The van der Waals surface area contributed by atoms with Gasteiger partial charge in [-0.3, -0.25) is 0 Å². The largest absolute Gasteiger partial charge is 0.493 e. The molecule has 1 fully saturated rings. The van der Waals surface area contributed by atoms with Crippen LogP contribution in [0.2, 0.25) is 0 Å². The van der Waals surface area contributed by atoms with Crippen LogP contribution in [0.5, 0.6) is 11.5 Å². The number of halogens is 1. The highest BCUT2D eigenvalue weighted by Crippen LogP contribution is 2.37. The van der Waals surface area contributed by atoms with Crippen LogP contribution in [-0.2, 0) is 6.54 Å². The van der Waals surface area contributed by atoms with Crippen molar-refractivity contribution in [2.45, 2.75) is 52.1 Å². The van der Waals surface area contributed by atoms with Crippen molar-refractivity contribution < 1.29 is 9.47 Å². The third kappa shape index (κ3) is 4.36. The lowest BCUT2D eigenvalue weighted by Gasteiger charge is -2.34. The minimum absolute atomic E-state index is 0.518. The first-order valence-corrected chi connectivity index (χ1v) is 8.38. The Bertz CT molecular complexity index is 478. The maximum absolute atomic E-state index is 5.39. The molecule has 118 valence electrons. The van der Waals surface area contributed by atoms with Crippen molar-refractivity contribution in [2.24, 2.45) is 5.41 Å². The van der Waals surface area contributed by atoms with Gasteiger partial charge in [-0.2, -0.15) is 0 Å². The molecule has 0 aliphatic heterocycles. The van der Waals surface area contributed by atoms with E-state index in [1.165, 1.54) is 31.2 Å². The van der Waals surface area contributed by atoms with Crippen LogP contribution < -0.4 is 14.8 Å². The third-order valence-corrected chi connectivity index (χ3v) is 5.02. The summed E-state index contributed by atoms with van der Waals surface area (Å²) < 4.78 is 11.7. The van der Waals surface area contributed by atoms with E-state index in [2.05, 4.69) is 41.2 Å². The van der Waals surface area contributed by atoms with Gasteiger partial charge in [-0.15, -0.1) is 0 Å². The summed E-state index contributed by atoms with van der Waals surface area (Å²) in [5.41, 5.74) is 1.73. The van der Waals surface area contributed by atoms with Crippen LogP contribution in [-0.4, -0.2) is 20.3 Å². The van der Waals surface area contributed by atoms with Gasteiger partial charge in [-0.05, 0) is 64.7 Å².